The van der Waals surface area contributed by atoms with Crippen LogP contribution in [0.3, 0.4) is 0 Å². The van der Waals surface area contributed by atoms with E-state index in [2.05, 4.69) is 4.98 Å². The fourth-order valence-corrected chi connectivity index (χ4v) is 5.26. The highest BCUT2D eigenvalue weighted by Crippen LogP contribution is 2.31. The zero-order chi connectivity index (χ0) is 27.2. The van der Waals surface area contributed by atoms with Gasteiger partial charge in [-0.3, -0.25) is 9.78 Å². The smallest absolute Gasteiger partial charge is 0.260 e. The van der Waals surface area contributed by atoms with Crippen LogP contribution < -0.4 is 9.47 Å². The van der Waals surface area contributed by atoms with Gasteiger partial charge in [0, 0.05) is 36.1 Å². The molecule has 0 spiro atoms. The first-order valence-corrected chi connectivity index (χ1v) is 13.6. The molecular weight excluding hydrogens is 514 g/mol. The van der Waals surface area contributed by atoms with Gasteiger partial charge in [0.2, 0.25) is 0 Å². The van der Waals surface area contributed by atoms with Crippen LogP contribution in [0.25, 0.3) is 22.8 Å². The average molecular weight is 546 g/mol. The van der Waals surface area contributed by atoms with Crippen molar-refractivity contribution in [1.82, 2.24) is 24.6 Å². The number of hydrogen-bond donors (Lipinski definition) is 0. The predicted octanol–water partition coefficient (Wildman–Crippen LogP) is 5.83. The van der Waals surface area contributed by atoms with Crippen molar-refractivity contribution in [2.24, 2.45) is 0 Å². The van der Waals surface area contributed by atoms with E-state index in [1.165, 1.54) is 0 Å². The van der Waals surface area contributed by atoms with Gasteiger partial charge in [0.25, 0.3) is 5.91 Å². The minimum Gasteiger partial charge on any atom is -0.495 e. The summed E-state index contributed by atoms with van der Waals surface area (Å²) >= 11 is 6.45. The second-order valence-corrected chi connectivity index (χ2v) is 10.1. The molecule has 1 fully saturated rings. The summed E-state index contributed by atoms with van der Waals surface area (Å²) in [7, 11) is 1.59. The van der Waals surface area contributed by atoms with E-state index in [-0.39, 0.29) is 18.6 Å². The minimum absolute atomic E-state index is 0.000517. The second-order valence-electron chi connectivity index (χ2n) is 9.70. The number of rotatable bonds is 10. The fraction of sp³-hybridized carbons (Fsp3) is 0.333. The first-order chi connectivity index (χ1) is 19.0. The van der Waals surface area contributed by atoms with Gasteiger partial charge in [-0.15, -0.1) is 0 Å². The Morgan fingerprint density at radius 1 is 1.08 bits per heavy atom. The Hall–Kier alpha value is -3.91. The maximum Gasteiger partial charge on any atom is 0.260 e. The first-order valence-electron chi connectivity index (χ1n) is 13.2. The van der Waals surface area contributed by atoms with Crippen LogP contribution in [0.5, 0.6) is 11.5 Å². The van der Waals surface area contributed by atoms with E-state index in [4.69, 9.17) is 31.2 Å². The maximum atomic E-state index is 13.4. The molecule has 2 heterocycles. The monoisotopic (exact) mass is 545 g/mol. The Morgan fingerprint density at radius 2 is 1.87 bits per heavy atom. The standard InChI is InChI=1S/C30H32ClN5O3/c1-21-6-5-9-25(18-21)39-20-28(37)35(24-7-3-4-8-24)16-17-36-30(23-10-11-27(38-2)26(31)19-23)33-29(34-36)22-12-14-32-15-13-22/h5-6,9-15,18-19,24H,3-4,7-8,16-17,20H2,1-2H3. The number of pyridine rings is 1. The molecule has 0 atom stereocenters. The Morgan fingerprint density at radius 3 is 2.59 bits per heavy atom. The van der Waals surface area contributed by atoms with Crippen molar-refractivity contribution < 1.29 is 14.3 Å². The highest BCUT2D eigenvalue weighted by Gasteiger charge is 2.27. The number of methoxy groups -OCH3 is 1. The first kappa shape index (κ1) is 26.7. The summed E-state index contributed by atoms with van der Waals surface area (Å²) < 4.78 is 13.1. The van der Waals surface area contributed by atoms with Crippen molar-refractivity contribution in [2.45, 2.75) is 45.2 Å². The number of ether oxygens (including phenoxy) is 2. The molecule has 1 amide bonds. The van der Waals surface area contributed by atoms with Crippen molar-refractivity contribution in [3.05, 3.63) is 77.6 Å². The molecule has 39 heavy (non-hydrogen) atoms. The molecule has 0 aliphatic heterocycles. The van der Waals surface area contributed by atoms with Gasteiger partial charge < -0.3 is 14.4 Å². The topological polar surface area (TPSA) is 82.4 Å². The van der Waals surface area contributed by atoms with Gasteiger partial charge in [0.15, 0.2) is 18.3 Å². The van der Waals surface area contributed by atoms with Crippen LogP contribution in [0.15, 0.2) is 67.0 Å². The van der Waals surface area contributed by atoms with Crippen LogP contribution in [0.1, 0.15) is 31.2 Å². The average Bonchev–Trinajstić information content (AvgIpc) is 3.63. The summed E-state index contributed by atoms with van der Waals surface area (Å²) in [5.74, 6) is 2.52. The lowest BCUT2D eigenvalue weighted by atomic mass is 10.2. The molecule has 1 saturated carbocycles. The maximum absolute atomic E-state index is 13.4. The molecule has 5 rings (SSSR count). The lowest BCUT2D eigenvalue weighted by molar-refractivity contribution is -0.135. The van der Waals surface area contributed by atoms with Gasteiger partial charge in [0.05, 0.1) is 18.7 Å². The van der Waals surface area contributed by atoms with Crippen molar-refractivity contribution in [3.8, 4) is 34.3 Å². The quantitative estimate of drug-likeness (QED) is 0.249. The van der Waals surface area contributed by atoms with E-state index >= 15 is 0 Å². The fourth-order valence-electron chi connectivity index (χ4n) is 5.00. The summed E-state index contributed by atoms with van der Waals surface area (Å²) in [6.45, 7) is 2.98. The number of hydrogen-bond acceptors (Lipinski definition) is 6. The van der Waals surface area contributed by atoms with E-state index in [1.54, 1.807) is 19.5 Å². The molecule has 0 radical (unpaired) electrons. The zero-order valence-corrected chi connectivity index (χ0v) is 23.0. The molecule has 8 nitrogen and oxygen atoms in total. The number of halogens is 1. The van der Waals surface area contributed by atoms with Crippen LogP contribution in [-0.4, -0.2) is 56.9 Å². The molecule has 202 valence electrons. The Bertz CT molecular complexity index is 1420. The van der Waals surface area contributed by atoms with Crippen LogP contribution in [0, 0.1) is 6.92 Å². The highest BCUT2D eigenvalue weighted by molar-refractivity contribution is 6.32. The van der Waals surface area contributed by atoms with Crippen LogP contribution in [0.2, 0.25) is 5.02 Å². The second kappa shape index (κ2) is 12.3. The molecular formula is C30H32ClN5O3. The van der Waals surface area contributed by atoms with E-state index in [1.807, 2.05) is 71.1 Å². The highest BCUT2D eigenvalue weighted by atomic mass is 35.5. The zero-order valence-electron chi connectivity index (χ0n) is 22.2. The summed E-state index contributed by atoms with van der Waals surface area (Å²) in [5, 5.41) is 5.32. The normalized spacial score (nSPS) is 13.4. The lowest BCUT2D eigenvalue weighted by Crippen LogP contribution is -2.43. The molecule has 0 bridgehead atoms. The van der Waals surface area contributed by atoms with Crippen LogP contribution in [-0.2, 0) is 11.3 Å². The Labute approximate surface area is 233 Å². The number of nitrogens with zero attached hydrogens (tertiary/aromatic N) is 5. The third-order valence-corrected chi connectivity index (χ3v) is 7.31. The number of benzene rings is 2. The lowest BCUT2D eigenvalue weighted by Gasteiger charge is -2.29. The van der Waals surface area contributed by atoms with Gasteiger partial charge >= 0.3 is 0 Å². The number of aromatic nitrogens is 4. The van der Waals surface area contributed by atoms with Crippen LogP contribution >= 0.6 is 11.6 Å². The molecule has 2 aromatic carbocycles. The Kier molecular flexibility index (Phi) is 8.42. The summed E-state index contributed by atoms with van der Waals surface area (Å²) in [6, 6.07) is 17.3. The summed E-state index contributed by atoms with van der Waals surface area (Å²) in [4.78, 5) is 24.3. The Balaban J connectivity index is 1.40. The molecule has 1 aliphatic carbocycles. The van der Waals surface area contributed by atoms with E-state index < -0.39 is 0 Å². The SMILES string of the molecule is COc1ccc(-c2nc(-c3ccncc3)nn2CCN(C(=O)COc2cccc(C)c2)C2CCCC2)cc1Cl. The number of aryl methyl sites for hydroxylation is 1. The van der Waals surface area contributed by atoms with E-state index in [0.717, 1.165) is 42.4 Å². The van der Waals surface area contributed by atoms with Gasteiger partial charge in [0.1, 0.15) is 11.5 Å². The van der Waals surface area contributed by atoms with Crippen molar-refractivity contribution in [3.63, 3.8) is 0 Å². The molecule has 4 aromatic rings. The molecule has 2 aromatic heterocycles. The third kappa shape index (κ3) is 6.40. The number of carbonyl (C=O) groups is 1. The van der Waals surface area contributed by atoms with Crippen LogP contribution in [0.4, 0.5) is 0 Å². The van der Waals surface area contributed by atoms with E-state index in [9.17, 15) is 4.79 Å². The third-order valence-electron chi connectivity index (χ3n) is 7.01. The van der Waals surface area contributed by atoms with Gasteiger partial charge in [-0.05, 0) is 67.8 Å². The molecule has 1 aliphatic rings. The van der Waals surface area contributed by atoms with Gasteiger partial charge in [-0.2, -0.15) is 5.10 Å². The largest absolute Gasteiger partial charge is 0.495 e. The van der Waals surface area contributed by atoms with Gasteiger partial charge in [-0.1, -0.05) is 36.6 Å². The number of carbonyl (C=O) groups excluding carboxylic acids is 1. The predicted molar refractivity (Wildman–Crippen MR) is 151 cm³/mol. The summed E-state index contributed by atoms with van der Waals surface area (Å²) in [5.41, 5.74) is 2.77. The molecule has 9 heteroatoms. The summed E-state index contributed by atoms with van der Waals surface area (Å²) in [6.07, 6.45) is 7.67. The van der Waals surface area contributed by atoms with Crippen molar-refractivity contribution in [2.75, 3.05) is 20.3 Å². The molecule has 0 N–H and O–H groups in total. The minimum atomic E-state index is -0.0214. The molecule has 0 unspecified atom stereocenters. The molecule has 0 saturated heterocycles. The van der Waals surface area contributed by atoms with Gasteiger partial charge in [-0.25, -0.2) is 9.67 Å². The van der Waals surface area contributed by atoms with E-state index in [0.29, 0.717) is 41.3 Å². The van der Waals surface area contributed by atoms with Crippen molar-refractivity contribution in [1.29, 1.82) is 0 Å². The number of amides is 1. The van der Waals surface area contributed by atoms with Crippen molar-refractivity contribution >= 4 is 17.5 Å².